The lowest BCUT2D eigenvalue weighted by molar-refractivity contribution is 0.466. The number of aromatic nitrogens is 2. The van der Waals surface area contributed by atoms with Crippen LogP contribution in [0.1, 0.15) is 32.6 Å². The molecule has 2 aliphatic rings. The van der Waals surface area contributed by atoms with Crippen LogP contribution < -0.4 is 22.3 Å². The molecule has 0 amide bonds. The molecule has 19 heavy (non-hydrogen) atoms. The molecule has 2 aliphatic carbocycles. The van der Waals surface area contributed by atoms with Gasteiger partial charge < -0.3 is 11.1 Å². The number of H-pyrrole nitrogens is 1. The first-order chi connectivity index (χ1) is 9.07. The van der Waals surface area contributed by atoms with Crippen molar-refractivity contribution in [2.75, 3.05) is 17.6 Å². The Morgan fingerprint density at radius 2 is 2.11 bits per heavy atom. The predicted octanol–water partition coefficient (Wildman–Crippen LogP) is 0.741. The van der Waals surface area contributed by atoms with Crippen LogP contribution in [-0.4, -0.2) is 16.1 Å². The molecule has 6 heteroatoms. The Balaban J connectivity index is 1.84. The number of anilines is 2. The molecule has 0 bridgehead atoms. The first kappa shape index (κ1) is 12.3. The number of hydrogen-bond donors (Lipinski definition) is 3. The molecule has 2 fully saturated rings. The van der Waals surface area contributed by atoms with E-state index in [1.807, 2.05) is 6.92 Å². The molecule has 3 rings (SSSR count). The molecule has 0 saturated heterocycles. The molecule has 1 heterocycles. The largest absolute Gasteiger partial charge is 0.383 e. The van der Waals surface area contributed by atoms with Crippen LogP contribution in [0, 0.1) is 11.3 Å². The highest BCUT2D eigenvalue weighted by Gasteiger charge is 2.53. The van der Waals surface area contributed by atoms with Gasteiger partial charge in [-0.3, -0.25) is 14.3 Å². The summed E-state index contributed by atoms with van der Waals surface area (Å²) < 4.78 is 1.38. The van der Waals surface area contributed by atoms with Crippen molar-refractivity contribution in [1.82, 2.24) is 9.55 Å². The van der Waals surface area contributed by atoms with E-state index in [4.69, 9.17) is 5.73 Å². The van der Waals surface area contributed by atoms with E-state index in [0.717, 1.165) is 12.5 Å². The number of aromatic amines is 1. The summed E-state index contributed by atoms with van der Waals surface area (Å²) in [7, 11) is 0. The third-order valence-corrected chi connectivity index (χ3v) is 4.51. The first-order valence-corrected chi connectivity index (χ1v) is 6.94. The Morgan fingerprint density at radius 3 is 2.63 bits per heavy atom. The Labute approximate surface area is 111 Å². The van der Waals surface area contributed by atoms with Gasteiger partial charge in [0.25, 0.3) is 5.56 Å². The zero-order valence-corrected chi connectivity index (χ0v) is 11.2. The quantitative estimate of drug-likeness (QED) is 0.731. The van der Waals surface area contributed by atoms with Crippen LogP contribution in [-0.2, 0) is 6.54 Å². The summed E-state index contributed by atoms with van der Waals surface area (Å²) in [6.07, 6.45) is 5.08. The smallest absolute Gasteiger partial charge is 0.330 e. The highest BCUT2D eigenvalue weighted by molar-refractivity contribution is 5.60. The molecular formula is C13H20N4O2. The van der Waals surface area contributed by atoms with E-state index < -0.39 is 11.2 Å². The zero-order valence-electron chi connectivity index (χ0n) is 11.2. The third-order valence-electron chi connectivity index (χ3n) is 4.51. The third kappa shape index (κ3) is 2.05. The number of rotatable bonds is 5. The lowest BCUT2D eigenvalue weighted by atomic mass is 10.0. The summed E-state index contributed by atoms with van der Waals surface area (Å²) in [5.74, 6) is 1.06. The monoisotopic (exact) mass is 264 g/mol. The molecular weight excluding hydrogens is 244 g/mol. The van der Waals surface area contributed by atoms with E-state index >= 15 is 0 Å². The van der Waals surface area contributed by atoms with Gasteiger partial charge >= 0.3 is 5.69 Å². The van der Waals surface area contributed by atoms with Gasteiger partial charge in [-0.15, -0.1) is 0 Å². The highest BCUT2D eigenvalue weighted by Crippen LogP contribution is 2.61. The average molecular weight is 264 g/mol. The van der Waals surface area contributed by atoms with Gasteiger partial charge in [-0.05, 0) is 43.9 Å². The van der Waals surface area contributed by atoms with E-state index in [-0.39, 0.29) is 5.82 Å². The second kappa shape index (κ2) is 4.15. The van der Waals surface area contributed by atoms with Crippen LogP contribution in [0.2, 0.25) is 0 Å². The van der Waals surface area contributed by atoms with Crippen LogP contribution in [0.15, 0.2) is 9.59 Å². The second-order valence-corrected chi connectivity index (χ2v) is 5.75. The summed E-state index contributed by atoms with van der Waals surface area (Å²) >= 11 is 0. The normalized spacial score (nSPS) is 20.3. The van der Waals surface area contributed by atoms with Crippen molar-refractivity contribution in [3.05, 3.63) is 20.8 Å². The summed E-state index contributed by atoms with van der Waals surface area (Å²) in [4.78, 5) is 25.7. The van der Waals surface area contributed by atoms with Gasteiger partial charge in [0.15, 0.2) is 0 Å². The number of nitrogens with two attached hydrogens (primary N) is 1. The molecule has 0 aliphatic heterocycles. The van der Waals surface area contributed by atoms with E-state index in [1.165, 1.54) is 30.3 Å². The fourth-order valence-electron chi connectivity index (χ4n) is 2.92. The minimum Gasteiger partial charge on any atom is -0.383 e. The van der Waals surface area contributed by atoms with Crippen LogP contribution in [0.25, 0.3) is 0 Å². The second-order valence-electron chi connectivity index (χ2n) is 5.75. The molecule has 0 spiro atoms. The summed E-state index contributed by atoms with van der Waals surface area (Å²) in [5, 5.41) is 3.18. The first-order valence-electron chi connectivity index (χ1n) is 6.94. The number of nitrogen functional groups attached to an aromatic ring is 1. The van der Waals surface area contributed by atoms with Crippen molar-refractivity contribution in [2.45, 2.75) is 39.2 Å². The molecule has 1 aromatic rings. The van der Waals surface area contributed by atoms with Crippen LogP contribution in [0.5, 0.6) is 0 Å². The van der Waals surface area contributed by atoms with E-state index in [1.54, 1.807) is 0 Å². The standard InChI is InChI=1S/C13H20N4O2/c1-2-17-10(14)9(11(18)16-12(17)19)15-7-13(5-6-13)8-3-4-8/h8,15H,2-7,14H2,1H3,(H,16,18,19). The van der Waals surface area contributed by atoms with Crippen molar-refractivity contribution in [3.63, 3.8) is 0 Å². The van der Waals surface area contributed by atoms with Gasteiger partial charge in [0.1, 0.15) is 11.5 Å². The summed E-state index contributed by atoms with van der Waals surface area (Å²) in [6, 6.07) is 0. The number of nitrogens with zero attached hydrogens (tertiary/aromatic N) is 1. The van der Waals surface area contributed by atoms with Gasteiger partial charge in [-0.2, -0.15) is 0 Å². The van der Waals surface area contributed by atoms with Gasteiger partial charge in [-0.25, -0.2) is 4.79 Å². The van der Waals surface area contributed by atoms with Gasteiger partial charge in [0, 0.05) is 13.1 Å². The molecule has 0 unspecified atom stereocenters. The Bertz CT molecular complexity index is 608. The fourth-order valence-corrected chi connectivity index (χ4v) is 2.92. The Morgan fingerprint density at radius 1 is 1.42 bits per heavy atom. The van der Waals surface area contributed by atoms with Crippen molar-refractivity contribution in [3.8, 4) is 0 Å². The lowest BCUT2D eigenvalue weighted by Crippen LogP contribution is -2.34. The van der Waals surface area contributed by atoms with Crippen molar-refractivity contribution < 1.29 is 0 Å². The topological polar surface area (TPSA) is 92.9 Å². The lowest BCUT2D eigenvalue weighted by Gasteiger charge is -2.17. The van der Waals surface area contributed by atoms with E-state index in [9.17, 15) is 9.59 Å². The fraction of sp³-hybridized carbons (Fsp3) is 0.692. The Kier molecular flexibility index (Phi) is 2.69. The molecule has 2 saturated carbocycles. The minimum atomic E-state index is -0.445. The number of nitrogens with one attached hydrogen (secondary N) is 2. The van der Waals surface area contributed by atoms with E-state index in [2.05, 4.69) is 10.3 Å². The van der Waals surface area contributed by atoms with E-state index in [0.29, 0.717) is 17.6 Å². The molecule has 1 aromatic heterocycles. The van der Waals surface area contributed by atoms with Crippen molar-refractivity contribution in [2.24, 2.45) is 11.3 Å². The van der Waals surface area contributed by atoms with Gasteiger partial charge in [0.2, 0.25) is 0 Å². The summed E-state index contributed by atoms with van der Waals surface area (Å²) in [6.45, 7) is 3.06. The minimum absolute atomic E-state index is 0.239. The van der Waals surface area contributed by atoms with Crippen LogP contribution >= 0.6 is 0 Å². The molecule has 0 aromatic carbocycles. The van der Waals surface area contributed by atoms with Gasteiger partial charge in [0.05, 0.1) is 0 Å². The molecule has 0 atom stereocenters. The van der Waals surface area contributed by atoms with Crippen LogP contribution in [0.4, 0.5) is 11.5 Å². The maximum atomic E-state index is 11.8. The zero-order chi connectivity index (χ0) is 13.6. The van der Waals surface area contributed by atoms with Crippen molar-refractivity contribution in [1.29, 1.82) is 0 Å². The predicted molar refractivity (Wildman–Crippen MR) is 74.3 cm³/mol. The van der Waals surface area contributed by atoms with Crippen LogP contribution in [0.3, 0.4) is 0 Å². The number of hydrogen-bond acceptors (Lipinski definition) is 4. The maximum Gasteiger partial charge on any atom is 0.330 e. The Hall–Kier alpha value is -1.72. The SMILES string of the molecule is CCn1c(N)c(NCC2(C3CC3)CC2)c(=O)[nH]c1=O. The molecule has 6 nitrogen and oxygen atoms in total. The average Bonchev–Trinajstić information content (AvgIpc) is 3.23. The molecule has 104 valence electrons. The highest BCUT2D eigenvalue weighted by atomic mass is 16.2. The summed E-state index contributed by atoms with van der Waals surface area (Å²) in [5.41, 5.74) is 5.78. The maximum absolute atomic E-state index is 11.8. The molecule has 0 radical (unpaired) electrons. The molecule has 4 N–H and O–H groups in total. The van der Waals surface area contributed by atoms with Gasteiger partial charge in [-0.1, -0.05) is 0 Å². The van der Waals surface area contributed by atoms with Crippen molar-refractivity contribution >= 4 is 11.5 Å².